The number of fused-ring (bicyclic) bond motifs is 1. The number of carbonyl (C=O) groups excluding carboxylic acids is 1. The third kappa shape index (κ3) is 7.62. The van der Waals surface area contributed by atoms with Crippen molar-refractivity contribution in [3.8, 4) is 17.2 Å². The summed E-state index contributed by atoms with van der Waals surface area (Å²) in [6, 6.07) is 20.9. The smallest absolute Gasteiger partial charge is 0.266 e. The van der Waals surface area contributed by atoms with E-state index in [1.165, 1.54) is 0 Å². The maximum atomic E-state index is 14.5. The highest BCUT2D eigenvalue weighted by molar-refractivity contribution is 6.30. The van der Waals surface area contributed by atoms with E-state index in [2.05, 4.69) is 34.9 Å². The van der Waals surface area contributed by atoms with E-state index in [9.17, 15) is 9.59 Å². The molecule has 1 atom stereocenters. The Labute approximate surface area is 281 Å². The Kier molecular flexibility index (Phi) is 10.1. The summed E-state index contributed by atoms with van der Waals surface area (Å²) in [4.78, 5) is 41.3. The van der Waals surface area contributed by atoms with Gasteiger partial charge >= 0.3 is 0 Å². The molecule has 2 fully saturated rings. The van der Waals surface area contributed by atoms with E-state index in [0.717, 1.165) is 25.2 Å². The van der Waals surface area contributed by atoms with E-state index in [1.54, 1.807) is 28.8 Å². The molecule has 0 spiro atoms. The Morgan fingerprint density at radius 2 is 1.70 bits per heavy atom. The van der Waals surface area contributed by atoms with Gasteiger partial charge in [0.05, 0.1) is 29.2 Å². The van der Waals surface area contributed by atoms with Crippen LogP contribution in [-0.2, 0) is 11.3 Å². The highest BCUT2D eigenvalue weighted by Crippen LogP contribution is 2.28. The van der Waals surface area contributed by atoms with Gasteiger partial charge in [0.25, 0.3) is 11.5 Å². The normalized spacial score (nSPS) is 18.2. The summed E-state index contributed by atoms with van der Waals surface area (Å²) in [5, 5.41) is 1.20. The molecule has 1 unspecified atom stereocenters. The lowest BCUT2D eigenvalue weighted by atomic mass is 10.0. The lowest BCUT2D eigenvalue weighted by Gasteiger charge is -2.38. The van der Waals surface area contributed by atoms with E-state index >= 15 is 0 Å². The number of amides is 1. The Hall–Kier alpha value is -3.96. The number of rotatable bonds is 9. The zero-order valence-electron chi connectivity index (χ0n) is 27.6. The van der Waals surface area contributed by atoms with Crippen molar-refractivity contribution in [1.29, 1.82) is 0 Å². The first-order valence-corrected chi connectivity index (χ1v) is 16.6. The van der Waals surface area contributed by atoms with Crippen molar-refractivity contribution in [1.82, 2.24) is 29.2 Å². The van der Waals surface area contributed by atoms with E-state index in [4.69, 9.17) is 26.1 Å². The lowest BCUT2D eigenvalue weighted by Crippen LogP contribution is -2.50. The molecule has 2 aliphatic heterocycles. The maximum Gasteiger partial charge on any atom is 0.266 e. The minimum Gasteiger partial charge on any atom is -0.489 e. The van der Waals surface area contributed by atoms with Gasteiger partial charge in [0.1, 0.15) is 17.3 Å². The number of carbonyl (C=O) groups is 1. The molecular weight excluding hydrogens is 616 g/mol. The van der Waals surface area contributed by atoms with E-state index in [1.807, 2.05) is 55.1 Å². The Bertz CT molecular complexity index is 1770. The summed E-state index contributed by atoms with van der Waals surface area (Å²) in [5.41, 5.74) is 2.33. The number of aromatic nitrogens is 2. The minimum atomic E-state index is -0.119. The Morgan fingerprint density at radius 3 is 2.45 bits per heavy atom. The van der Waals surface area contributed by atoms with Crippen LogP contribution in [0.2, 0.25) is 5.02 Å². The second-order valence-electron chi connectivity index (χ2n) is 12.7. The topological polar surface area (TPSA) is 83.4 Å². The van der Waals surface area contributed by atoms with E-state index in [0.29, 0.717) is 71.7 Å². The first-order valence-electron chi connectivity index (χ1n) is 16.2. The molecule has 1 aromatic heterocycles. The molecule has 248 valence electrons. The van der Waals surface area contributed by atoms with Crippen LogP contribution in [-0.4, -0.2) is 108 Å². The van der Waals surface area contributed by atoms with Crippen molar-refractivity contribution in [3.05, 3.63) is 93.5 Å². The Morgan fingerprint density at radius 1 is 0.957 bits per heavy atom. The predicted molar refractivity (Wildman–Crippen MR) is 185 cm³/mol. The molecule has 2 aliphatic rings. The van der Waals surface area contributed by atoms with Gasteiger partial charge in [0, 0.05) is 56.9 Å². The second-order valence-corrected chi connectivity index (χ2v) is 13.2. The molecule has 47 heavy (non-hydrogen) atoms. The summed E-state index contributed by atoms with van der Waals surface area (Å²) in [6.45, 7) is 9.65. The SMILES string of the molecule is CC(C)Oc1ccccc1-n1c(CN2CCN(C(=O)COc3ccc(Cl)cc3)CC2)nc2ccc(C3CN(C)CCN3C)cc2c1=O. The summed E-state index contributed by atoms with van der Waals surface area (Å²) in [6.07, 6.45) is -0.0663. The van der Waals surface area contributed by atoms with Crippen molar-refractivity contribution in [2.24, 2.45) is 0 Å². The highest BCUT2D eigenvalue weighted by Gasteiger charge is 2.27. The van der Waals surface area contributed by atoms with Gasteiger partial charge in [0.15, 0.2) is 6.61 Å². The number of benzene rings is 3. The number of ether oxygens (including phenoxy) is 2. The first-order chi connectivity index (χ1) is 22.7. The average molecular weight is 659 g/mol. The molecule has 6 rings (SSSR count). The third-order valence-corrected chi connectivity index (χ3v) is 9.18. The van der Waals surface area contributed by atoms with Crippen LogP contribution in [0.4, 0.5) is 0 Å². The van der Waals surface area contributed by atoms with E-state index < -0.39 is 0 Å². The van der Waals surface area contributed by atoms with Crippen molar-refractivity contribution in [2.75, 3.05) is 66.5 Å². The van der Waals surface area contributed by atoms with Crippen LogP contribution >= 0.6 is 11.6 Å². The fourth-order valence-electron chi connectivity index (χ4n) is 6.30. The Balaban J connectivity index is 1.27. The van der Waals surface area contributed by atoms with Crippen molar-refractivity contribution in [2.45, 2.75) is 32.5 Å². The van der Waals surface area contributed by atoms with Gasteiger partial charge in [-0.25, -0.2) is 4.98 Å². The third-order valence-electron chi connectivity index (χ3n) is 8.93. The molecule has 2 saturated heterocycles. The van der Waals surface area contributed by atoms with Gasteiger partial charge in [-0.15, -0.1) is 0 Å². The standard InChI is InChI=1S/C36H43ClN6O4/c1-25(2)47-33-8-6-5-7-31(33)43-34(23-41-17-19-42(20-18-41)35(44)24-46-28-12-10-27(37)11-13-28)38-30-14-9-26(21-29(30)36(43)45)32-22-39(3)15-16-40(32)4/h5-14,21,25,32H,15-20,22-24H2,1-4H3. The molecule has 0 N–H and O–H groups in total. The predicted octanol–water partition coefficient (Wildman–Crippen LogP) is 4.47. The van der Waals surface area contributed by atoms with Crippen LogP contribution in [0.3, 0.4) is 0 Å². The molecule has 0 aliphatic carbocycles. The van der Waals surface area contributed by atoms with Crippen LogP contribution in [0.15, 0.2) is 71.5 Å². The van der Waals surface area contributed by atoms with Crippen LogP contribution in [0.1, 0.15) is 31.3 Å². The number of para-hydroxylation sites is 2. The molecule has 4 aromatic rings. The molecule has 0 bridgehead atoms. The van der Waals surface area contributed by atoms with Crippen molar-refractivity contribution in [3.63, 3.8) is 0 Å². The number of likely N-dealkylation sites (N-methyl/N-ethyl adjacent to an activating group) is 2. The molecule has 0 radical (unpaired) electrons. The highest BCUT2D eigenvalue weighted by atomic mass is 35.5. The zero-order chi connectivity index (χ0) is 33.1. The van der Waals surface area contributed by atoms with Gasteiger partial charge in [-0.3, -0.25) is 24.0 Å². The summed E-state index contributed by atoms with van der Waals surface area (Å²) >= 11 is 5.95. The minimum absolute atomic E-state index is 0.0328. The zero-order valence-corrected chi connectivity index (χ0v) is 28.3. The second kappa shape index (κ2) is 14.4. The largest absolute Gasteiger partial charge is 0.489 e. The van der Waals surface area contributed by atoms with Gasteiger partial charge in [-0.2, -0.15) is 0 Å². The monoisotopic (exact) mass is 658 g/mol. The molecule has 10 nitrogen and oxygen atoms in total. The van der Waals surface area contributed by atoms with Gasteiger partial charge in [-0.1, -0.05) is 29.8 Å². The van der Waals surface area contributed by atoms with Gasteiger partial charge < -0.3 is 19.3 Å². The lowest BCUT2D eigenvalue weighted by molar-refractivity contribution is -0.135. The number of hydrogen-bond donors (Lipinski definition) is 0. The van der Waals surface area contributed by atoms with Crippen molar-refractivity contribution >= 4 is 28.4 Å². The molecular formula is C36H43ClN6O4. The summed E-state index contributed by atoms with van der Waals surface area (Å²) in [5.74, 6) is 1.81. The fraction of sp³-hybridized carbons (Fsp3) is 0.417. The quantitative estimate of drug-likeness (QED) is 0.261. The van der Waals surface area contributed by atoms with E-state index in [-0.39, 0.29) is 30.2 Å². The molecule has 11 heteroatoms. The molecule has 1 amide bonds. The number of halogens is 1. The fourth-order valence-corrected chi connectivity index (χ4v) is 6.43. The van der Waals surface area contributed by atoms with Crippen LogP contribution in [0.25, 0.3) is 16.6 Å². The number of piperazine rings is 2. The first kappa shape index (κ1) is 33.0. The average Bonchev–Trinajstić information content (AvgIpc) is 3.06. The van der Waals surface area contributed by atoms with Gasteiger partial charge in [-0.05, 0) is 82.0 Å². The number of nitrogens with zero attached hydrogens (tertiary/aromatic N) is 6. The van der Waals surface area contributed by atoms with Gasteiger partial charge in [0.2, 0.25) is 0 Å². The van der Waals surface area contributed by atoms with Crippen LogP contribution < -0.4 is 15.0 Å². The summed E-state index contributed by atoms with van der Waals surface area (Å²) in [7, 11) is 4.28. The number of hydrogen-bond acceptors (Lipinski definition) is 8. The maximum absolute atomic E-state index is 14.5. The molecule has 3 aromatic carbocycles. The molecule has 0 saturated carbocycles. The van der Waals surface area contributed by atoms with Crippen molar-refractivity contribution < 1.29 is 14.3 Å². The van der Waals surface area contributed by atoms with Crippen LogP contribution in [0.5, 0.6) is 11.5 Å². The molecule has 3 heterocycles. The summed E-state index contributed by atoms with van der Waals surface area (Å²) < 4.78 is 13.6. The van der Waals surface area contributed by atoms with Crippen LogP contribution in [0, 0.1) is 0 Å².